The van der Waals surface area contributed by atoms with Gasteiger partial charge in [-0.25, -0.2) is 4.98 Å². The number of pyridine rings is 1. The van der Waals surface area contributed by atoms with E-state index in [9.17, 15) is 9.90 Å². The summed E-state index contributed by atoms with van der Waals surface area (Å²) in [6.45, 7) is -0.758. The van der Waals surface area contributed by atoms with E-state index in [1.54, 1.807) is 0 Å². The molecule has 0 fully saturated rings. The van der Waals surface area contributed by atoms with E-state index < -0.39 is 11.9 Å². The maximum atomic E-state index is 11.4. The first kappa shape index (κ1) is 11.4. The summed E-state index contributed by atoms with van der Waals surface area (Å²) in [5, 5.41) is 29.1. The number of amides is 1. The Morgan fingerprint density at radius 1 is 1.47 bits per heavy atom. The molecule has 4 N–H and O–H groups in total. The molecule has 82 valence electrons. The first-order chi connectivity index (χ1) is 7.19. The van der Waals surface area contributed by atoms with Crippen LogP contribution in [0.5, 0.6) is 5.75 Å². The van der Waals surface area contributed by atoms with Crippen LogP contribution < -0.4 is 5.32 Å². The lowest BCUT2D eigenvalue weighted by Gasteiger charge is -2.12. The third-order valence-electron chi connectivity index (χ3n) is 1.78. The van der Waals surface area contributed by atoms with Crippen LogP contribution in [0, 0.1) is 0 Å². The third-order valence-corrected chi connectivity index (χ3v) is 1.78. The van der Waals surface area contributed by atoms with Gasteiger partial charge in [0.15, 0.2) is 5.69 Å². The fourth-order valence-corrected chi connectivity index (χ4v) is 0.975. The quantitative estimate of drug-likeness (QED) is 0.505. The molecule has 1 rings (SSSR count). The van der Waals surface area contributed by atoms with E-state index in [1.807, 2.05) is 0 Å². The van der Waals surface area contributed by atoms with E-state index >= 15 is 0 Å². The van der Waals surface area contributed by atoms with Gasteiger partial charge in [-0.2, -0.15) is 0 Å². The molecule has 1 aromatic heterocycles. The zero-order valence-electron chi connectivity index (χ0n) is 7.92. The van der Waals surface area contributed by atoms with Crippen LogP contribution in [0.1, 0.15) is 10.5 Å². The van der Waals surface area contributed by atoms with Crippen molar-refractivity contribution in [2.24, 2.45) is 0 Å². The van der Waals surface area contributed by atoms with Crippen LogP contribution in [0.15, 0.2) is 18.3 Å². The Morgan fingerprint density at radius 3 is 2.67 bits per heavy atom. The summed E-state index contributed by atoms with van der Waals surface area (Å²) in [5.74, 6) is -0.883. The Bertz CT molecular complexity index is 339. The number of hydrogen-bond donors (Lipinski definition) is 4. The van der Waals surface area contributed by atoms with E-state index in [4.69, 9.17) is 10.2 Å². The molecule has 6 nitrogen and oxygen atoms in total. The van der Waals surface area contributed by atoms with Crippen molar-refractivity contribution in [3.05, 3.63) is 24.0 Å². The lowest BCUT2D eigenvalue weighted by atomic mass is 10.2. The number of carbonyl (C=O) groups is 1. The van der Waals surface area contributed by atoms with Crippen LogP contribution in [0.2, 0.25) is 0 Å². The van der Waals surface area contributed by atoms with Crippen molar-refractivity contribution in [1.82, 2.24) is 10.3 Å². The highest BCUT2D eigenvalue weighted by molar-refractivity contribution is 5.94. The summed E-state index contributed by atoms with van der Waals surface area (Å²) in [6, 6.07) is 2.06. The van der Waals surface area contributed by atoms with Crippen LogP contribution >= 0.6 is 0 Å². The molecular formula is C9H12N2O4. The maximum Gasteiger partial charge on any atom is 0.274 e. The van der Waals surface area contributed by atoms with E-state index in [1.165, 1.54) is 18.3 Å². The number of rotatable bonds is 4. The molecule has 0 aromatic carbocycles. The van der Waals surface area contributed by atoms with Crippen molar-refractivity contribution in [3.63, 3.8) is 0 Å². The molecular weight excluding hydrogens is 200 g/mol. The summed E-state index contributed by atoms with van der Waals surface area (Å²) in [6.07, 6.45) is 1.36. The average molecular weight is 212 g/mol. The summed E-state index contributed by atoms with van der Waals surface area (Å²) in [7, 11) is 0. The Morgan fingerprint density at radius 2 is 2.13 bits per heavy atom. The van der Waals surface area contributed by atoms with E-state index in [-0.39, 0.29) is 24.7 Å². The number of aliphatic hydroxyl groups excluding tert-OH is 2. The number of aromatic hydroxyl groups is 1. The Kier molecular flexibility index (Phi) is 4.02. The lowest BCUT2D eigenvalue weighted by Crippen LogP contribution is -2.40. The minimum Gasteiger partial charge on any atom is -0.505 e. The predicted molar refractivity (Wildman–Crippen MR) is 51.3 cm³/mol. The van der Waals surface area contributed by atoms with Crippen LogP contribution in [-0.2, 0) is 0 Å². The van der Waals surface area contributed by atoms with E-state index in [2.05, 4.69) is 10.3 Å². The van der Waals surface area contributed by atoms with Gasteiger partial charge < -0.3 is 20.6 Å². The number of carbonyl (C=O) groups excluding carboxylic acids is 1. The summed E-state index contributed by atoms with van der Waals surface area (Å²) >= 11 is 0. The van der Waals surface area contributed by atoms with Crippen molar-refractivity contribution in [3.8, 4) is 5.75 Å². The van der Waals surface area contributed by atoms with E-state index in [0.717, 1.165) is 0 Å². The van der Waals surface area contributed by atoms with Gasteiger partial charge in [-0.15, -0.1) is 0 Å². The summed E-state index contributed by atoms with van der Waals surface area (Å²) in [4.78, 5) is 15.1. The third kappa shape index (κ3) is 2.90. The highest BCUT2D eigenvalue weighted by Gasteiger charge is 2.15. The maximum absolute atomic E-state index is 11.4. The molecule has 6 heteroatoms. The van der Waals surface area contributed by atoms with Gasteiger partial charge in [0.2, 0.25) is 0 Å². The van der Waals surface area contributed by atoms with Gasteiger partial charge in [-0.3, -0.25) is 4.79 Å². The van der Waals surface area contributed by atoms with Gasteiger partial charge in [0.05, 0.1) is 19.3 Å². The van der Waals surface area contributed by atoms with Crippen molar-refractivity contribution in [2.45, 2.75) is 6.04 Å². The topological polar surface area (TPSA) is 103 Å². The average Bonchev–Trinajstić information content (AvgIpc) is 2.26. The molecule has 0 atom stereocenters. The molecule has 0 unspecified atom stereocenters. The minimum absolute atomic E-state index is 0.135. The number of nitrogens with one attached hydrogen (secondary N) is 1. The molecule has 15 heavy (non-hydrogen) atoms. The second kappa shape index (κ2) is 5.28. The number of nitrogens with zero attached hydrogens (tertiary/aromatic N) is 1. The van der Waals surface area contributed by atoms with Crippen molar-refractivity contribution in [1.29, 1.82) is 0 Å². The molecule has 0 spiro atoms. The van der Waals surface area contributed by atoms with Gasteiger partial charge in [0, 0.05) is 6.20 Å². The number of aromatic nitrogens is 1. The molecule has 0 aliphatic rings. The van der Waals surface area contributed by atoms with E-state index in [0.29, 0.717) is 0 Å². The normalized spacial score (nSPS) is 10.3. The molecule has 0 bridgehead atoms. The zero-order chi connectivity index (χ0) is 11.3. The highest BCUT2D eigenvalue weighted by atomic mass is 16.3. The van der Waals surface area contributed by atoms with Gasteiger partial charge in [0.1, 0.15) is 5.75 Å². The van der Waals surface area contributed by atoms with Crippen molar-refractivity contribution >= 4 is 5.91 Å². The minimum atomic E-state index is -0.751. The molecule has 1 aromatic rings. The summed E-state index contributed by atoms with van der Waals surface area (Å²) < 4.78 is 0. The second-order valence-electron chi connectivity index (χ2n) is 2.91. The smallest absolute Gasteiger partial charge is 0.274 e. The predicted octanol–water partition coefficient (Wildman–Crippen LogP) is -1.13. The standard InChI is InChI=1S/C9H12N2O4/c12-4-6(5-13)11-9(15)8-7(14)2-1-3-10-8/h1-3,6,12-14H,4-5H2,(H,11,15). The second-order valence-corrected chi connectivity index (χ2v) is 2.91. The first-order valence-electron chi connectivity index (χ1n) is 4.35. The number of aliphatic hydroxyl groups is 2. The fraction of sp³-hybridized carbons (Fsp3) is 0.333. The molecule has 0 aliphatic carbocycles. The number of hydrogen-bond acceptors (Lipinski definition) is 5. The van der Waals surface area contributed by atoms with Crippen LogP contribution in [0.4, 0.5) is 0 Å². The van der Waals surface area contributed by atoms with Crippen LogP contribution in [0.3, 0.4) is 0 Å². The largest absolute Gasteiger partial charge is 0.505 e. The highest BCUT2D eigenvalue weighted by Crippen LogP contribution is 2.11. The van der Waals surface area contributed by atoms with Gasteiger partial charge in [-0.1, -0.05) is 0 Å². The van der Waals surface area contributed by atoms with Crippen molar-refractivity contribution < 1.29 is 20.1 Å². The first-order valence-corrected chi connectivity index (χ1v) is 4.35. The molecule has 1 amide bonds. The SMILES string of the molecule is O=C(NC(CO)CO)c1ncccc1O. The lowest BCUT2D eigenvalue weighted by molar-refractivity contribution is 0.0871. The monoisotopic (exact) mass is 212 g/mol. The van der Waals surface area contributed by atoms with Crippen LogP contribution in [-0.4, -0.2) is 45.5 Å². The van der Waals surface area contributed by atoms with Gasteiger partial charge in [-0.05, 0) is 12.1 Å². The molecule has 0 saturated heterocycles. The molecule has 0 aliphatic heterocycles. The van der Waals surface area contributed by atoms with Crippen molar-refractivity contribution in [2.75, 3.05) is 13.2 Å². The summed E-state index contributed by atoms with van der Waals surface area (Å²) in [5.41, 5.74) is -0.135. The Hall–Kier alpha value is -1.66. The van der Waals surface area contributed by atoms with Gasteiger partial charge >= 0.3 is 0 Å². The molecule has 1 heterocycles. The fourth-order valence-electron chi connectivity index (χ4n) is 0.975. The molecule has 0 saturated carbocycles. The van der Waals surface area contributed by atoms with Gasteiger partial charge in [0.25, 0.3) is 5.91 Å². The molecule has 0 radical (unpaired) electrons. The zero-order valence-corrected chi connectivity index (χ0v) is 7.92. The Labute approximate surface area is 86.2 Å². The Balaban J connectivity index is 2.73. The van der Waals surface area contributed by atoms with Crippen LogP contribution in [0.25, 0.3) is 0 Å².